The van der Waals surface area contributed by atoms with Crippen molar-refractivity contribution < 1.29 is 4.79 Å². The highest BCUT2D eigenvalue weighted by atomic mass is 32.1. The van der Waals surface area contributed by atoms with E-state index in [1.165, 1.54) is 11.3 Å². The molecule has 2 aromatic carbocycles. The Labute approximate surface area is 177 Å². The fraction of sp³-hybridized carbons (Fsp3) is 0.0870. The molecule has 0 radical (unpaired) electrons. The number of nitrogen functional groups attached to an aromatic ring is 1. The van der Waals surface area contributed by atoms with Crippen molar-refractivity contribution in [2.24, 2.45) is 0 Å². The summed E-state index contributed by atoms with van der Waals surface area (Å²) in [5, 5.41) is 9.24. The van der Waals surface area contributed by atoms with Gasteiger partial charge in [-0.25, -0.2) is 4.68 Å². The number of rotatable bonds is 5. The van der Waals surface area contributed by atoms with Crippen LogP contribution in [0.2, 0.25) is 0 Å². The van der Waals surface area contributed by atoms with Crippen LogP contribution in [0.25, 0.3) is 21.7 Å². The first kappa shape index (κ1) is 19.6. The SMILES string of the molecule is CC(C(=O)Nc1ccccc1-c1ccccc1)n1nc(-c2cccs2)cc(N)c1=O. The Morgan fingerprint density at radius 3 is 2.53 bits per heavy atom. The highest BCUT2D eigenvalue weighted by molar-refractivity contribution is 7.13. The molecule has 30 heavy (non-hydrogen) atoms. The molecule has 1 atom stereocenters. The fourth-order valence-electron chi connectivity index (χ4n) is 3.15. The van der Waals surface area contributed by atoms with Crippen LogP contribution in [-0.2, 0) is 4.79 Å². The van der Waals surface area contributed by atoms with E-state index in [0.717, 1.165) is 20.7 Å². The van der Waals surface area contributed by atoms with Crippen LogP contribution in [0.15, 0.2) is 83.0 Å². The van der Waals surface area contributed by atoms with E-state index in [1.54, 1.807) is 13.0 Å². The number of carbonyl (C=O) groups is 1. The number of carbonyl (C=O) groups excluding carboxylic acids is 1. The summed E-state index contributed by atoms with van der Waals surface area (Å²) in [5.74, 6) is -0.351. The highest BCUT2D eigenvalue weighted by Crippen LogP contribution is 2.28. The van der Waals surface area contributed by atoms with E-state index >= 15 is 0 Å². The zero-order valence-electron chi connectivity index (χ0n) is 16.3. The van der Waals surface area contributed by atoms with Crippen molar-refractivity contribution in [2.75, 3.05) is 11.1 Å². The smallest absolute Gasteiger partial charge is 0.290 e. The topological polar surface area (TPSA) is 90.0 Å². The van der Waals surface area contributed by atoms with Gasteiger partial charge in [-0.15, -0.1) is 11.3 Å². The third-order valence-corrected chi connectivity index (χ3v) is 5.64. The van der Waals surface area contributed by atoms with Gasteiger partial charge in [-0.05, 0) is 36.1 Å². The lowest BCUT2D eigenvalue weighted by molar-refractivity contribution is -0.119. The first-order valence-corrected chi connectivity index (χ1v) is 10.3. The summed E-state index contributed by atoms with van der Waals surface area (Å²) < 4.78 is 1.14. The predicted octanol–water partition coefficient (Wildman–Crippen LogP) is 4.42. The molecule has 2 heterocycles. The molecular formula is C23H20N4O2S. The Kier molecular flexibility index (Phi) is 5.45. The molecule has 0 spiro atoms. The molecule has 2 aromatic heterocycles. The zero-order chi connectivity index (χ0) is 21.1. The Morgan fingerprint density at radius 2 is 1.80 bits per heavy atom. The molecule has 150 valence electrons. The molecule has 4 aromatic rings. The molecule has 0 bridgehead atoms. The van der Waals surface area contributed by atoms with Crippen molar-refractivity contribution in [3.05, 3.63) is 88.5 Å². The monoisotopic (exact) mass is 416 g/mol. The Balaban J connectivity index is 1.66. The minimum Gasteiger partial charge on any atom is -0.394 e. The quantitative estimate of drug-likeness (QED) is 0.504. The van der Waals surface area contributed by atoms with Crippen LogP contribution in [0.5, 0.6) is 0 Å². The first-order valence-electron chi connectivity index (χ1n) is 9.43. The number of nitrogens with one attached hydrogen (secondary N) is 1. The minimum absolute atomic E-state index is 0.0535. The van der Waals surface area contributed by atoms with Gasteiger partial charge in [0.2, 0.25) is 5.91 Å². The Morgan fingerprint density at radius 1 is 1.07 bits per heavy atom. The van der Waals surface area contributed by atoms with Crippen molar-refractivity contribution in [2.45, 2.75) is 13.0 Å². The molecular weight excluding hydrogens is 396 g/mol. The van der Waals surface area contributed by atoms with Crippen LogP contribution in [0.4, 0.5) is 11.4 Å². The van der Waals surface area contributed by atoms with Crippen LogP contribution >= 0.6 is 11.3 Å². The molecule has 4 rings (SSSR count). The summed E-state index contributed by atoms with van der Waals surface area (Å²) in [6.07, 6.45) is 0. The van der Waals surface area contributed by atoms with Crippen LogP contribution in [0.3, 0.4) is 0 Å². The number of nitrogens with two attached hydrogens (primary N) is 1. The maximum atomic E-state index is 13.0. The van der Waals surface area contributed by atoms with Gasteiger partial charge in [0.15, 0.2) is 0 Å². The number of hydrogen-bond donors (Lipinski definition) is 2. The summed E-state index contributed by atoms with van der Waals surface area (Å²) in [6, 6.07) is 21.8. The molecule has 0 saturated carbocycles. The molecule has 0 aliphatic heterocycles. The number of amides is 1. The van der Waals surface area contributed by atoms with Crippen LogP contribution < -0.4 is 16.6 Å². The lowest BCUT2D eigenvalue weighted by Crippen LogP contribution is -2.34. The van der Waals surface area contributed by atoms with Crippen LogP contribution in [0, 0.1) is 0 Å². The summed E-state index contributed by atoms with van der Waals surface area (Å²) in [4.78, 5) is 26.5. The van der Waals surface area contributed by atoms with Gasteiger partial charge in [0.05, 0.1) is 4.88 Å². The molecule has 3 N–H and O–H groups in total. The summed E-state index contributed by atoms with van der Waals surface area (Å²) in [6.45, 7) is 1.63. The van der Waals surface area contributed by atoms with Crippen LogP contribution in [-0.4, -0.2) is 15.7 Å². The fourth-order valence-corrected chi connectivity index (χ4v) is 3.83. The van der Waals surface area contributed by atoms with E-state index in [-0.39, 0.29) is 11.6 Å². The van der Waals surface area contributed by atoms with Crippen LogP contribution in [0.1, 0.15) is 13.0 Å². The summed E-state index contributed by atoms with van der Waals surface area (Å²) in [5.41, 5.74) is 8.58. The summed E-state index contributed by atoms with van der Waals surface area (Å²) in [7, 11) is 0. The van der Waals surface area contributed by atoms with Gasteiger partial charge < -0.3 is 11.1 Å². The van der Waals surface area contributed by atoms with E-state index in [1.807, 2.05) is 72.1 Å². The molecule has 0 aliphatic rings. The molecule has 0 aliphatic carbocycles. The average Bonchev–Trinajstić information content (AvgIpc) is 3.31. The van der Waals surface area contributed by atoms with E-state index in [9.17, 15) is 9.59 Å². The minimum atomic E-state index is -0.844. The number of benzene rings is 2. The molecule has 0 saturated heterocycles. The standard InChI is InChI=1S/C23H20N4O2S/c1-15(27-23(29)18(24)14-20(26-27)21-12-7-13-30-21)22(28)25-19-11-6-5-10-17(19)16-8-3-2-4-9-16/h2-15H,24H2,1H3,(H,25,28). The van der Waals surface area contributed by atoms with Gasteiger partial charge in [-0.1, -0.05) is 54.6 Å². The number of aromatic nitrogens is 2. The second-order valence-corrected chi connectivity index (χ2v) is 7.74. The molecule has 0 fully saturated rings. The van der Waals surface area contributed by atoms with Gasteiger partial charge in [0.25, 0.3) is 5.56 Å². The van der Waals surface area contributed by atoms with E-state index in [4.69, 9.17) is 5.73 Å². The Hall–Kier alpha value is -3.71. The lowest BCUT2D eigenvalue weighted by Gasteiger charge is -2.17. The maximum absolute atomic E-state index is 13.0. The third kappa shape index (κ3) is 3.88. The van der Waals surface area contributed by atoms with E-state index in [0.29, 0.717) is 11.4 Å². The highest BCUT2D eigenvalue weighted by Gasteiger charge is 2.21. The van der Waals surface area contributed by atoms with Crippen molar-refractivity contribution in [1.29, 1.82) is 0 Å². The number of hydrogen-bond acceptors (Lipinski definition) is 5. The zero-order valence-corrected chi connectivity index (χ0v) is 17.1. The second-order valence-electron chi connectivity index (χ2n) is 6.79. The average molecular weight is 417 g/mol. The Bertz CT molecular complexity index is 1230. The van der Waals surface area contributed by atoms with Crippen molar-refractivity contribution in [1.82, 2.24) is 9.78 Å². The number of para-hydroxylation sites is 1. The van der Waals surface area contributed by atoms with Gasteiger partial charge in [-0.2, -0.15) is 5.10 Å². The summed E-state index contributed by atoms with van der Waals surface area (Å²) >= 11 is 1.49. The molecule has 7 heteroatoms. The predicted molar refractivity (Wildman–Crippen MR) is 121 cm³/mol. The maximum Gasteiger partial charge on any atom is 0.290 e. The number of thiophene rings is 1. The van der Waals surface area contributed by atoms with Gasteiger partial charge in [0, 0.05) is 11.3 Å². The van der Waals surface area contributed by atoms with Gasteiger partial charge >= 0.3 is 0 Å². The normalized spacial score (nSPS) is 11.8. The first-order chi connectivity index (χ1) is 14.5. The van der Waals surface area contributed by atoms with E-state index < -0.39 is 11.6 Å². The molecule has 1 amide bonds. The molecule has 1 unspecified atom stereocenters. The van der Waals surface area contributed by atoms with Gasteiger partial charge in [-0.3, -0.25) is 9.59 Å². The number of anilines is 2. The lowest BCUT2D eigenvalue weighted by atomic mass is 10.0. The van der Waals surface area contributed by atoms with E-state index in [2.05, 4.69) is 10.4 Å². The van der Waals surface area contributed by atoms with Crippen molar-refractivity contribution in [3.8, 4) is 21.7 Å². The molecule has 6 nitrogen and oxygen atoms in total. The van der Waals surface area contributed by atoms with Gasteiger partial charge in [0.1, 0.15) is 17.4 Å². The van der Waals surface area contributed by atoms with Crippen molar-refractivity contribution >= 4 is 28.6 Å². The number of nitrogens with zero attached hydrogens (tertiary/aromatic N) is 2. The second kappa shape index (κ2) is 8.34. The third-order valence-electron chi connectivity index (χ3n) is 4.75. The van der Waals surface area contributed by atoms with Crippen molar-refractivity contribution in [3.63, 3.8) is 0 Å². The largest absolute Gasteiger partial charge is 0.394 e.